The standard InChI is InChI=1S/C14H14F3N3O3/c15-14(16,17)10-1-2-11(18-9-10)19-5-7-20(8-6-19)12(21)3-4-13(22)23/h1-4,9H,5-8H2,(H,22,23)/b4-3+. The highest BCUT2D eigenvalue weighted by atomic mass is 19.4. The molecule has 2 rings (SSSR count). The predicted octanol–water partition coefficient (Wildman–Crippen LogP) is 1.39. The van der Waals surface area contributed by atoms with Crippen LogP contribution in [0, 0.1) is 0 Å². The molecule has 1 aromatic heterocycles. The number of rotatable bonds is 3. The van der Waals surface area contributed by atoms with Crippen molar-refractivity contribution in [1.29, 1.82) is 0 Å². The molecule has 0 spiro atoms. The first-order valence-electron chi connectivity index (χ1n) is 6.75. The quantitative estimate of drug-likeness (QED) is 0.849. The second kappa shape index (κ2) is 6.67. The minimum atomic E-state index is -4.42. The highest BCUT2D eigenvalue weighted by Crippen LogP contribution is 2.29. The van der Waals surface area contributed by atoms with Crippen LogP contribution in [-0.4, -0.2) is 53.0 Å². The van der Waals surface area contributed by atoms with Crippen LogP contribution in [0.5, 0.6) is 0 Å². The Labute approximate surface area is 129 Å². The minimum absolute atomic E-state index is 0.339. The Kier molecular flexibility index (Phi) is 4.87. The number of aromatic nitrogens is 1. The van der Waals surface area contributed by atoms with Gasteiger partial charge in [0.1, 0.15) is 5.82 Å². The van der Waals surface area contributed by atoms with Crippen LogP contribution in [-0.2, 0) is 15.8 Å². The van der Waals surface area contributed by atoms with Crippen LogP contribution in [0.4, 0.5) is 19.0 Å². The Bertz CT molecular complexity index is 606. The van der Waals surface area contributed by atoms with Crippen LogP contribution in [0.1, 0.15) is 5.56 Å². The molecule has 1 aliphatic heterocycles. The molecular formula is C14H14F3N3O3. The number of amides is 1. The maximum absolute atomic E-state index is 12.5. The molecule has 1 amide bonds. The lowest BCUT2D eigenvalue weighted by Gasteiger charge is -2.35. The number of carboxylic acid groups (broad SMARTS) is 1. The molecule has 0 radical (unpaired) electrons. The third-order valence-corrected chi connectivity index (χ3v) is 3.36. The molecule has 0 aliphatic carbocycles. The van der Waals surface area contributed by atoms with Gasteiger partial charge in [-0.3, -0.25) is 4.79 Å². The number of piperazine rings is 1. The van der Waals surface area contributed by atoms with E-state index < -0.39 is 23.6 Å². The summed E-state index contributed by atoms with van der Waals surface area (Å²) < 4.78 is 37.5. The fourth-order valence-electron chi connectivity index (χ4n) is 2.14. The summed E-state index contributed by atoms with van der Waals surface area (Å²) in [6.07, 6.45) is -1.89. The van der Waals surface area contributed by atoms with E-state index in [-0.39, 0.29) is 0 Å². The van der Waals surface area contributed by atoms with Crippen molar-refractivity contribution in [3.8, 4) is 0 Å². The summed E-state index contributed by atoms with van der Waals surface area (Å²) in [4.78, 5) is 29.1. The van der Waals surface area contributed by atoms with Gasteiger partial charge in [0.15, 0.2) is 0 Å². The van der Waals surface area contributed by atoms with E-state index >= 15 is 0 Å². The smallest absolute Gasteiger partial charge is 0.417 e. The first-order chi connectivity index (χ1) is 10.8. The maximum Gasteiger partial charge on any atom is 0.417 e. The number of anilines is 1. The Morgan fingerprint density at radius 3 is 2.26 bits per heavy atom. The minimum Gasteiger partial charge on any atom is -0.478 e. The second-order valence-corrected chi connectivity index (χ2v) is 4.89. The fraction of sp³-hybridized carbons (Fsp3) is 0.357. The molecule has 1 aromatic rings. The zero-order valence-corrected chi connectivity index (χ0v) is 12.0. The highest BCUT2D eigenvalue weighted by molar-refractivity contribution is 5.94. The second-order valence-electron chi connectivity index (χ2n) is 4.89. The van der Waals surface area contributed by atoms with E-state index in [1.807, 2.05) is 0 Å². The van der Waals surface area contributed by atoms with Gasteiger partial charge in [-0.15, -0.1) is 0 Å². The molecule has 0 unspecified atom stereocenters. The number of hydrogen-bond acceptors (Lipinski definition) is 4. The first kappa shape index (κ1) is 16.8. The van der Waals surface area contributed by atoms with Crippen LogP contribution < -0.4 is 4.90 Å². The topological polar surface area (TPSA) is 73.7 Å². The zero-order chi connectivity index (χ0) is 17.0. The van der Waals surface area contributed by atoms with Crippen LogP contribution in [0.3, 0.4) is 0 Å². The summed E-state index contributed by atoms with van der Waals surface area (Å²) >= 11 is 0. The van der Waals surface area contributed by atoms with E-state index in [2.05, 4.69) is 4.98 Å². The van der Waals surface area contributed by atoms with Crippen molar-refractivity contribution in [2.75, 3.05) is 31.1 Å². The van der Waals surface area contributed by atoms with E-state index in [1.165, 1.54) is 11.0 Å². The molecule has 2 heterocycles. The van der Waals surface area contributed by atoms with Crippen molar-refractivity contribution in [2.24, 2.45) is 0 Å². The number of carboxylic acids is 1. The van der Waals surface area contributed by atoms with E-state index in [0.717, 1.165) is 24.4 Å². The number of halogens is 3. The molecule has 0 saturated carbocycles. The number of alkyl halides is 3. The number of carbonyl (C=O) groups excluding carboxylic acids is 1. The van der Waals surface area contributed by atoms with Gasteiger partial charge in [-0.2, -0.15) is 13.2 Å². The first-order valence-corrected chi connectivity index (χ1v) is 6.75. The van der Waals surface area contributed by atoms with Gasteiger partial charge in [0.05, 0.1) is 5.56 Å². The lowest BCUT2D eigenvalue weighted by atomic mass is 10.2. The van der Waals surface area contributed by atoms with Crippen molar-refractivity contribution in [3.63, 3.8) is 0 Å². The summed E-state index contributed by atoms with van der Waals surface area (Å²) in [5.74, 6) is -1.20. The van der Waals surface area contributed by atoms with Gasteiger partial charge >= 0.3 is 12.1 Å². The number of carbonyl (C=O) groups is 2. The van der Waals surface area contributed by atoms with Crippen molar-refractivity contribution >= 4 is 17.7 Å². The van der Waals surface area contributed by atoms with E-state index in [9.17, 15) is 22.8 Å². The largest absolute Gasteiger partial charge is 0.478 e. The number of pyridine rings is 1. The molecule has 0 bridgehead atoms. The van der Waals surface area contributed by atoms with Crippen LogP contribution in [0.15, 0.2) is 30.5 Å². The lowest BCUT2D eigenvalue weighted by molar-refractivity contribution is -0.138. The van der Waals surface area contributed by atoms with Crippen molar-refractivity contribution in [2.45, 2.75) is 6.18 Å². The third kappa shape index (κ3) is 4.44. The predicted molar refractivity (Wildman–Crippen MR) is 74.8 cm³/mol. The molecule has 1 fully saturated rings. The van der Waals surface area contributed by atoms with Crippen LogP contribution in [0.25, 0.3) is 0 Å². The Morgan fingerprint density at radius 1 is 1.13 bits per heavy atom. The molecular weight excluding hydrogens is 315 g/mol. The number of hydrogen-bond donors (Lipinski definition) is 1. The zero-order valence-electron chi connectivity index (χ0n) is 12.0. The van der Waals surface area contributed by atoms with Crippen molar-refractivity contribution in [3.05, 3.63) is 36.0 Å². The SMILES string of the molecule is O=C(O)/C=C/C(=O)N1CCN(c2ccc(C(F)(F)F)cn2)CC1. The van der Waals surface area contributed by atoms with Crippen molar-refractivity contribution < 1.29 is 27.9 Å². The highest BCUT2D eigenvalue weighted by Gasteiger charge is 2.31. The van der Waals surface area contributed by atoms with Crippen LogP contribution in [0.2, 0.25) is 0 Å². The Balaban J connectivity index is 1.94. The summed E-state index contributed by atoms with van der Waals surface area (Å²) in [5, 5.41) is 8.48. The molecule has 9 heteroatoms. The number of aliphatic carboxylic acids is 1. The monoisotopic (exact) mass is 329 g/mol. The fourth-order valence-corrected chi connectivity index (χ4v) is 2.14. The molecule has 1 aliphatic rings. The third-order valence-electron chi connectivity index (χ3n) is 3.36. The summed E-state index contributed by atoms with van der Waals surface area (Å²) in [7, 11) is 0. The van der Waals surface area contributed by atoms with Gasteiger partial charge in [-0.1, -0.05) is 0 Å². The van der Waals surface area contributed by atoms with Gasteiger partial charge in [-0.25, -0.2) is 9.78 Å². The average Bonchev–Trinajstić information content (AvgIpc) is 2.52. The molecule has 6 nitrogen and oxygen atoms in total. The molecule has 23 heavy (non-hydrogen) atoms. The van der Waals surface area contributed by atoms with E-state index in [1.54, 1.807) is 4.90 Å². The van der Waals surface area contributed by atoms with Crippen LogP contribution >= 0.6 is 0 Å². The van der Waals surface area contributed by atoms with Gasteiger partial charge in [0.2, 0.25) is 5.91 Å². The lowest BCUT2D eigenvalue weighted by Crippen LogP contribution is -2.48. The average molecular weight is 329 g/mol. The maximum atomic E-state index is 12.5. The summed E-state index contributed by atoms with van der Waals surface area (Å²) in [6.45, 7) is 1.49. The molecule has 1 N–H and O–H groups in total. The van der Waals surface area contributed by atoms with Gasteiger partial charge in [0, 0.05) is 44.5 Å². The Hall–Kier alpha value is -2.58. The van der Waals surface area contributed by atoms with Crippen molar-refractivity contribution in [1.82, 2.24) is 9.88 Å². The Morgan fingerprint density at radius 2 is 1.78 bits per heavy atom. The molecule has 0 atom stereocenters. The molecule has 0 aromatic carbocycles. The van der Waals surface area contributed by atoms with Gasteiger partial charge in [0.25, 0.3) is 0 Å². The van der Waals surface area contributed by atoms with E-state index in [4.69, 9.17) is 5.11 Å². The normalized spacial score (nSPS) is 16.0. The summed E-state index contributed by atoms with van der Waals surface area (Å²) in [6, 6.07) is 2.26. The van der Waals surface area contributed by atoms with Gasteiger partial charge in [-0.05, 0) is 12.1 Å². The number of nitrogens with zero attached hydrogens (tertiary/aromatic N) is 3. The molecule has 1 saturated heterocycles. The van der Waals surface area contributed by atoms with E-state index in [0.29, 0.717) is 32.0 Å². The molecule has 124 valence electrons. The summed E-state index contributed by atoms with van der Waals surface area (Å²) in [5.41, 5.74) is -0.811. The van der Waals surface area contributed by atoms with Gasteiger partial charge < -0.3 is 14.9 Å².